The van der Waals surface area contributed by atoms with Gasteiger partial charge in [-0.15, -0.1) is 0 Å². The van der Waals surface area contributed by atoms with Crippen molar-refractivity contribution in [2.24, 2.45) is 5.92 Å². The Balaban J connectivity index is 1.18. The van der Waals surface area contributed by atoms with Crippen LogP contribution in [0, 0.1) is 16.0 Å². The molecular weight excluding hydrogens is 548 g/mol. The Morgan fingerprint density at radius 2 is 1.86 bits per heavy atom. The van der Waals surface area contributed by atoms with Crippen LogP contribution < -0.4 is 10.1 Å². The van der Waals surface area contributed by atoms with E-state index in [1.54, 1.807) is 7.11 Å². The molecule has 0 bridgehead atoms. The number of nitro benzene ring substituents is 1. The lowest BCUT2D eigenvalue weighted by atomic mass is 9.68. The molecule has 42 heavy (non-hydrogen) atoms. The summed E-state index contributed by atoms with van der Waals surface area (Å²) in [6.45, 7) is 6.78. The summed E-state index contributed by atoms with van der Waals surface area (Å²) in [5, 5.41) is 13.8. The first kappa shape index (κ1) is 30.2. The van der Waals surface area contributed by atoms with Gasteiger partial charge in [0.05, 0.1) is 29.1 Å². The topological polar surface area (TPSA) is 151 Å². The summed E-state index contributed by atoms with van der Waals surface area (Å²) in [6.07, 6.45) is 4.86. The zero-order chi connectivity index (χ0) is 30.1. The van der Waals surface area contributed by atoms with Gasteiger partial charge in [0.15, 0.2) is 0 Å². The fraction of sp³-hybridized carbons (Fsp3) is 0.667. The number of carbonyl (C=O) groups excluding carboxylic acids is 2. The summed E-state index contributed by atoms with van der Waals surface area (Å²) in [5.41, 5.74) is -0.434. The lowest BCUT2D eigenvalue weighted by molar-refractivity contribution is -0.384. The molecule has 1 aromatic rings. The number of non-ortho nitro benzene ring substituents is 1. The number of hydrogen-bond donors (Lipinski definition) is 1. The molecule has 0 radical (unpaired) electrons. The van der Waals surface area contributed by atoms with Crippen molar-refractivity contribution in [3.63, 3.8) is 0 Å². The fourth-order valence-electron chi connectivity index (χ4n) is 6.77. The number of ether oxygens (including phenoxy) is 6. The number of amides is 1. The molecule has 5 rings (SSSR count). The summed E-state index contributed by atoms with van der Waals surface area (Å²) >= 11 is 0. The number of nitro groups is 1. The fourth-order valence-corrected chi connectivity index (χ4v) is 6.77. The second kappa shape index (κ2) is 11.8. The molecule has 12 heteroatoms. The Labute approximate surface area is 245 Å². The summed E-state index contributed by atoms with van der Waals surface area (Å²) < 4.78 is 34.7. The van der Waals surface area contributed by atoms with Crippen molar-refractivity contribution in [3.8, 4) is 5.75 Å². The van der Waals surface area contributed by atoms with Crippen molar-refractivity contribution >= 4 is 17.9 Å². The van der Waals surface area contributed by atoms with Crippen LogP contribution in [-0.4, -0.2) is 72.5 Å². The molecule has 2 saturated heterocycles. The number of nitrogens with one attached hydrogen (secondary N) is 1. The maximum atomic E-state index is 13.3. The molecule has 1 aromatic carbocycles. The molecule has 6 atom stereocenters. The van der Waals surface area contributed by atoms with Crippen LogP contribution in [0.3, 0.4) is 0 Å². The minimum atomic E-state index is -0.963. The van der Waals surface area contributed by atoms with E-state index in [1.165, 1.54) is 29.8 Å². The predicted molar refractivity (Wildman–Crippen MR) is 149 cm³/mol. The average molecular weight is 589 g/mol. The second-order valence-electron chi connectivity index (χ2n) is 12.3. The van der Waals surface area contributed by atoms with Crippen LogP contribution >= 0.6 is 0 Å². The van der Waals surface area contributed by atoms with Crippen LogP contribution in [0.25, 0.3) is 0 Å². The van der Waals surface area contributed by atoms with Crippen molar-refractivity contribution in [2.75, 3.05) is 20.3 Å². The summed E-state index contributed by atoms with van der Waals surface area (Å²) in [5.74, 6) is 0.0276. The molecule has 12 nitrogen and oxygen atoms in total. The number of rotatable bonds is 10. The molecule has 2 aliphatic carbocycles. The van der Waals surface area contributed by atoms with Crippen molar-refractivity contribution in [1.29, 1.82) is 0 Å². The summed E-state index contributed by atoms with van der Waals surface area (Å²) in [4.78, 5) is 35.9. The maximum absolute atomic E-state index is 13.3. The minimum absolute atomic E-state index is 0.0494. The standard InChI is InChI=1S/C30H40N2O10/c1-19(2)7-12-23-28(3,42-23)25-24(37-4)22(13-16-30(25)18-39-30)41-26(33)31-29(14-5-6-15-29)17-38-27(34)40-21-10-8-20(9-11-21)32(35)36/h7-11,22-25H,5-6,12-18H2,1-4H3,(H,31,33)/t22?,23-,24?,25?,28-,30+/m1/s1. The first-order valence-electron chi connectivity index (χ1n) is 14.5. The van der Waals surface area contributed by atoms with Crippen LogP contribution in [0.1, 0.15) is 65.7 Å². The van der Waals surface area contributed by atoms with Gasteiger partial charge in [-0.05, 0) is 65.0 Å². The molecule has 1 spiro atoms. The van der Waals surface area contributed by atoms with E-state index < -0.39 is 40.5 Å². The van der Waals surface area contributed by atoms with E-state index in [4.69, 9.17) is 28.4 Å². The van der Waals surface area contributed by atoms with Gasteiger partial charge in [-0.1, -0.05) is 24.5 Å². The van der Waals surface area contributed by atoms with Gasteiger partial charge in [0.1, 0.15) is 35.8 Å². The predicted octanol–water partition coefficient (Wildman–Crippen LogP) is 5.23. The maximum Gasteiger partial charge on any atom is 0.513 e. The van der Waals surface area contributed by atoms with Crippen molar-refractivity contribution in [1.82, 2.24) is 5.32 Å². The van der Waals surface area contributed by atoms with Gasteiger partial charge in [-0.25, -0.2) is 9.59 Å². The number of hydrogen-bond acceptors (Lipinski definition) is 10. The van der Waals surface area contributed by atoms with Crippen LogP contribution in [0.4, 0.5) is 15.3 Å². The highest BCUT2D eigenvalue weighted by molar-refractivity contribution is 5.69. The number of nitrogens with zero attached hydrogens (tertiary/aromatic N) is 1. The van der Waals surface area contributed by atoms with Gasteiger partial charge in [-0.2, -0.15) is 0 Å². The largest absolute Gasteiger partial charge is 0.513 e. The third-order valence-corrected chi connectivity index (χ3v) is 9.14. The first-order chi connectivity index (χ1) is 20.0. The van der Waals surface area contributed by atoms with Crippen LogP contribution in [0.15, 0.2) is 35.9 Å². The van der Waals surface area contributed by atoms with Gasteiger partial charge in [-0.3, -0.25) is 10.1 Å². The normalized spacial score (nSPS) is 32.5. The van der Waals surface area contributed by atoms with E-state index in [2.05, 4.69) is 32.2 Å². The molecule has 2 aliphatic heterocycles. The SMILES string of the molecule is COC1C(OC(=O)NC2(COC(=O)Oc3ccc([N+](=O)[O-])cc3)CCCC2)CC[C@]2(CO2)C1[C@]1(C)O[C@@H]1CC=C(C)C. The van der Waals surface area contributed by atoms with E-state index in [0.29, 0.717) is 25.9 Å². The Bertz CT molecular complexity index is 1200. The third kappa shape index (κ3) is 6.40. The monoisotopic (exact) mass is 588 g/mol. The number of alkyl carbamates (subject to hydrolysis) is 1. The van der Waals surface area contributed by atoms with E-state index in [0.717, 1.165) is 25.7 Å². The lowest BCUT2D eigenvalue weighted by Crippen LogP contribution is -2.57. The highest BCUT2D eigenvalue weighted by Gasteiger charge is 2.72. The molecule has 1 N–H and O–H groups in total. The lowest BCUT2D eigenvalue weighted by Gasteiger charge is -2.43. The van der Waals surface area contributed by atoms with Gasteiger partial charge >= 0.3 is 12.2 Å². The van der Waals surface area contributed by atoms with Gasteiger partial charge in [0.25, 0.3) is 5.69 Å². The molecule has 4 fully saturated rings. The number of methoxy groups -OCH3 is 1. The smallest absolute Gasteiger partial charge is 0.443 e. The third-order valence-electron chi connectivity index (χ3n) is 9.14. The molecular formula is C30H40N2O10. The van der Waals surface area contributed by atoms with Crippen LogP contribution in [-0.2, 0) is 23.7 Å². The van der Waals surface area contributed by atoms with Crippen molar-refractivity contribution < 1.29 is 42.9 Å². The molecule has 0 aromatic heterocycles. The quantitative estimate of drug-likeness (QED) is 0.0961. The number of carbonyl (C=O) groups is 2. The Hall–Kier alpha value is -3.22. The highest BCUT2D eigenvalue weighted by atomic mass is 16.7. The van der Waals surface area contributed by atoms with Crippen molar-refractivity contribution in [3.05, 3.63) is 46.0 Å². The Kier molecular flexibility index (Phi) is 8.51. The van der Waals surface area contributed by atoms with Gasteiger partial charge in [0.2, 0.25) is 0 Å². The zero-order valence-corrected chi connectivity index (χ0v) is 24.6. The van der Waals surface area contributed by atoms with Gasteiger partial charge < -0.3 is 33.7 Å². The molecule has 3 unspecified atom stereocenters. The molecule has 4 aliphatic rings. The Morgan fingerprint density at radius 3 is 2.45 bits per heavy atom. The molecule has 230 valence electrons. The van der Waals surface area contributed by atoms with E-state index in [-0.39, 0.29) is 35.7 Å². The number of epoxide rings is 2. The zero-order valence-electron chi connectivity index (χ0n) is 24.6. The summed E-state index contributed by atoms with van der Waals surface area (Å²) in [6, 6.07) is 5.10. The van der Waals surface area contributed by atoms with Crippen LogP contribution in [0.5, 0.6) is 5.75 Å². The number of benzene rings is 1. The molecule has 1 amide bonds. The first-order valence-corrected chi connectivity index (χ1v) is 14.5. The minimum Gasteiger partial charge on any atom is -0.443 e. The number of allylic oxidation sites excluding steroid dienone is 1. The van der Waals surface area contributed by atoms with Crippen molar-refractivity contribution in [2.45, 2.75) is 101 Å². The summed E-state index contributed by atoms with van der Waals surface area (Å²) in [7, 11) is 1.63. The van der Waals surface area contributed by atoms with Crippen LogP contribution in [0.2, 0.25) is 0 Å². The van der Waals surface area contributed by atoms with Gasteiger partial charge in [0, 0.05) is 19.2 Å². The second-order valence-corrected chi connectivity index (χ2v) is 12.3. The van der Waals surface area contributed by atoms with E-state index in [1.807, 2.05) is 0 Å². The molecule has 2 heterocycles. The van der Waals surface area contributed by atoms with E-state index in [9.17, 15) is 19.7 Å². The van der Waals surface area contributed by atoms with E-state index >= 15 is 0 Å². The molecule has 2 saturated carbocycles. The Morgan fingerprint density at radius 1 is 1.17 bits per heavy atom. The highest BCUT2D eigenvalue weighted by Crippen LogP contribution is 2.59. The average Bonchev–Trinajstić information content (AvgIpc) is 3.81.